The van der Waals surface area contributed by atoms with Gasteiger partial charge in [-0.05, 0) is 31.0 Å². The van der Waals surface area contributed by atoms with E-state index in [1.165, 1.54) is 25.3 Å². The summed E-state index contributed by atoms with van der Waals surface area (Å²) < 4.78 is 32.0. The zero-order valence-corrected chi connectivity index (χ0v) is 12.8. The smallest absolute Gasteiger partial charge is 0.252 e. The summed E-state index contributed by atoms with van der Waals surface area (Å²) in [5.41, 5.74) is 5.21. The van der Waals surface area contributed by atoms with Crippen LogP contribution in [-0.2, 0) is 10.0 Å². The predicted molar refractivity (Wildman–Crippen MR) is 77.6 cm³/mol. The Morgan fingerprint density at radius 3 is 2.62 bits per heavy atom. The van der Waals surface area contributed by atoms with Crippen LogP contribution < -0.4 is 15.2 Å². The number of methoxy groups -OCH3 is 1. The van der Waals surface area contributed by atoms with E-state index in [2.05, 4.69) is 4.72 Å². The van der Waals surface area contributed by atoms with Crippen molar-refractivity contribution in [3.05, 3.63) is 23.8 Å². The third-order valence-corrected chi connectivity index (χ3v) is 4.56. The van der Waals surface area contributed by atoms with E-state index in [0.717, 1.165) is 0 Å². The summed E-state index contributed by atoms with van der Waals surface area (Å²) in [5.74, 6) is -0.560. The number of benzene rings is 1. The standard InChI is InChI=1S/C13H20N2O5S/c1-3-9(6-7-16)15-21(18,19)10-4-5-12(20-2)11(8-10)13(14)17/h4-5,8-9,15-16H,3,6-7H2,1-2H3,(H2,14,17). The summed E-state index contributed by atoms with van der Waals surface area (Å²) >= 11 is 0. The summed E-state index contributed by atoms with van der Waals surface area (Å²) in [6.45, 7) is 1.70. The molecule has 0 fully saturated rings. The number of nitrogens with two attached hydrogens (primary N) is 1. The molecule has 1 atom stereocenters. The monoisotopic (exact) mass is 316 g/mol. The molecular weight excluding hydrogens is 296 g/mol. The van der Waals surface area contributed by atoms with E-state index in [9.17, 15) is 13.2 Å². The molecule has 1 amide bonds. The Hall–Kier alpha value is -1.64. The van der Waals surface area contributed by atoms with E-state index in [1.807, 2.05) is 6.92 Å². The Labute approximate surface area is 124 Å². The van der Waals surface area contributed by atoms with Crippen molar-refractivity contribution in [2.45, 2.75) is 30.7 Å². The normalized spacial score (nSPS) is 12.9. The molecule has 1 aromatic carbocycles. The molecule has 118 valence electrons. The lowest BCUT2D eigenvalue weighted by Gasteiger charge is -2.16. The van der Waals surface area contributed by atoms with Gasteiger partial charge >= 0.3 is 0 Å². The first-order chi connectivity index (χ1) is 9.85. The number of primary amides is 1. The third-order valence-electron chi connectivity index (χ3n) is 3.04. The first-order valence-electron chi connectivity index (χ1n) is 6.46. The van der Waals surface area contributed by atoms with Crippen molar-refractivity contribution >= 4 is 15.9 Å². The van der Waals surface area contributed by atoms with Crippen LogP contribution in [0.25, 0.3) is 0 Å². The summed E-state index contributed by atoms with van der Waals surface area (Å²) in [6, 6.07) is 3.51. The van der Waals surface area contributed by atoms with Crippen LogP contribution in [0, 0.1) is 0 Å². The number of aliphatic hydroxyl groups is 1. The second-order valence-corrected chi connectivity index (χ2v) is 6.18. The highest BCUT2D eigenvalue weighted by Gasteiger charge is 2.21. The molecule has 0 aliphatic carbocycles. The van der Waals surface area contributed by atoms with Crippen LogP contribution in [0.15, 0.2) is 23.1 Å². The van der Waals surface area contributed by atoms with Crippen LogP contribution in [0.4, 0.5) is 0 Å². The quantitative estimate of drug-likeness (QED) is 0.634. The van der Waals surface area contributed by atoms with Crippen molar-refractivity contribution in [2.24, 2.45) is 5.73 Å². The number of ether oxygens (including phenoxy) is 1. The fourth-order valence-corrected chi connectivity index (χ4v) is 3.22. The number of carbonyl (C=O) groups excluding carboxylic acids is 1. The van der Waals surface area contributed by atoms with Gasteiger partial charge in [0.05, 0.1) is 17.6 Å². The van der Waals surface area contributed by atoms with Crippen molar-refractivity contribution in [1.29, 1.82) is 0 Å². The number of sulfonamides is 1. The Kier molecular flexibility index (Phi) is 6.13. The van der Waals surface area contributed by atoms with Crippen LogP contribution >= 0.6 is 0 Å². The van der Waals surface area contributed by atoms with Crippen molar-refractivity contribution in [3.63, 3.8) is 0 Å². The van der Waals surface area contributed by atoms with Crippen LogP contribution in [-0.4, -0.2) is 39.2 Å². The van der Waals surface area contributed by atoms with Gasteiger partial charge in [-0.15, -0.1) is 0 Å². The number of amides is 1. The zero-order valence-electron chi connectivity index (χ0n) is 12.0. The largest absolute Gasteiger partial charge is 0.496 e. The van der Waals surface area contributed by atoms with Crippen molar-refractivity contribution in [2.75, 3.05) is 13.7 Å². The third kappa shape index (κ3) is 4.42. The first kappa shape index (κ1) is 17.4. The van der Waals surface area contributed by atoms with Gasteiger partial charge in [-0.1, -0.05) is 6.92 Å². The summed E-state index contributed by atoms with van der Waals surface area (Å²) in [7, 11) is -2.44. The number of hydrogen-bond acceptors (Lipinski definition) is 5. The Morgan fingerprint density at radius 2 is 2.14 bits per heavy atom. The molecule has 21 heavy (non-hydrogen) atoms. The average Bonchev–Trinajstić information content (AvgIpc) is 2.45. The van der Waals surface area contributed by atoms with E-state index in [1.54, 1.807) is 0 Å². The lowest BCUT2D eigenvalue weighted by atomic mass is 10.2. The fraction of sp³-hybridized carbons (Fsp3) is 0.462. The van der Waals surface area contributed by atoms with Gasteiger partial charge < -0.3 is 15.6 Å². The van der Waals surface area contributed by atoms with Gasteiger partial charge in [0, 0.05) is 12.6 Å². The molecule has 0 saturated carbocycles. The molecule has 0 radical (unpaired) electrons. The first-order valence-corrected chi connectivity index (χ1v) is 7.95. The molecule has 1 aromatic rings. The number of carbonyl (C=O) groups is 1. The van der Waals surface area contributed by atoms with Gasteiger partial charge in [0.2, 0.25) is 10.0 Å². The minimum atomic E-state index is -3.80. The van der Waals surface area contributed by atoms with Crippen LogP contribution in [0.3, 0.4) is 0 Å². The minimum Gasteiger partial charge on any atom is -0.496 e. The minimum absolute atomic E-state index is 0.00409. The number of aliphatic hydroxyl groups excluding tert-OH is 1. The molecule has 0 saturated heterocycles. The van der Waals surface area contributed by atoms with E-state index < -0.39 is 15.9 Å². The summed E-state index contributed by atoms with van der Waals surface area (Å²) in [4.78, 5) is 11.3. The van der Waals surface area contributed by atoms with Gasteiger partial charge in [0.25, 0.3) is 5.91 Å². The molecular formula is C13H20N2O5S. The van der Waals surface area contributed by atoms with E-state index >= 15 is 0 Å². The highest BCUT2D eigenvalue weighted by atomic mass is 32.2. The molecule has 0 aliphatic heterocycles. The lowest BCUT2D eigenvalue weighted by molar-refractivity contribution is 0.0997. The highest BCUT2D eigenvalue weighted by molar-refractivity contribution is 7.89. The van der Waals surface area contributed by atoms with Gasteiger partial charge in [-0.3, -0.25) is 4.79 Å². The van der Waals surface area contributed by atoms with E-state index in [0.29, 0.717) is 12.8 Å². The predicted octanol–water partition coefficient (Wildman–Crippen LogP) is 0.233. The van der Waals surface area contributed by atoms with Crippen LogP contribution in [0.2, 0.25) is 0 Å². The second-order valence-electron chi connectivity index (χ2n) is 4.47. The second kappa shape index (κ2) is 7.39. The maximum atomic E-state index is 12.3. The van der Waals surface area contributed by atoms with E-state index in [-0.39, 0.29) is 28.9 Å². The summed E-state index contributed by atoms with van der Waals surface area (Å²) in [5, 5.41) is 8.91. The maximum absolute atomic E-state index is 12.3. The summed E-state index contributed by atoms with van der Waals surface area (Å²) in [6.07, 6.45) is 0.854. The zero-order chi connectivity index (χ0) is 16.0. The Balaban J connectivity index is 3.14. The fourth-order valence-electron chi connectivity index (χ4n) is 1.84. The van der Waals surface area contributed by atoms with Crippen LogP contribution in [0.5, 0.6) is 5.75 Å². The molecule has 0 bridgehead atoms. The van der Waals surface area contributed by atoms with Crippen molar-refractivity contribution in [3.8, 4) is 5.75 Å². The Morgan fingerprint density at radius 1 is 1.48 bits per heavy atom. The maximum Gasteiger partial charge on any atom is 0.252 e. The lowest BCUT2D eigenvalue weighted by Crippen LogP contribution is -2.35. The van der Waals surface area contributed by atoms with Gasteiger partial charge in [0.15, 0.2) is 0 Å². The average molecular weight is 316 g/mol. The molecule has 1 unspecified atom stereocenters. The molecule has 0 heterocycles. The number of nitrogens with one attached hydrogen (secondary N) is 1. The molecule has 0 spiro atoms. The topological polar surface area (TPSA) is 119 Å². The van der Waals surface area contributed by atoms with Crippen LogP contribution in [0.1, 0.15) is 30.1 Å². The molecule has 0 aliphatic rings. The Bertz CT molecular complexity index is 601. The highest BCUT2D eigenvalue weighted by Crippen LogP contribution is 2.22. The van der Waals surface area contributed by atoms with Gasteiger partial charge in [-0.2, -0.15) is 0 Å². The SMILES string of the molecule is CCC(CCO)NS(=O)(=O)c1ccc(OC)c(C(N)=O)c1. The molecule has 4 N–H and O–H groups in total. The van der Waals surface area contributed by atoms with Gasteiger partial charge in [0.1, 0.15) is 5.75 Å². The van der Waals surface area contributed by atoms with E-state index in [4.69, 9.17) is 15.6 Å². The molecule has 1 rings (SSSR count). The number of rotatable bonds is 8. The van der Waals surface area contributed by atoms with Crippen molar-refractivity contribution in [1.82, 2.24) is 4.72 Å². The van der Waals surface area contributed by atoms with Gasteiger partial charge in [-0.25, -0.2) is 13.1 Å². The molecule has 7 nitrogen and oxygen atoms in total. The molecule has 0 aromatic heterocycles. The molecule has 8 heteroatoms. The number of hydrogen-bond donors (Lipinski definition) is 3. The van der Waals surface area contributed by atoms with Crippen molar-refractivity contribution < 1.29 is 23.1 Å².